The number of phenols is 1. The first-order chi connectivity index (χ1) is 25.0. The van der Waals surface area contributed by atoms with Crippen LogP contribution in [-0.2, 0) is 14.9 Å². The van der Waals surface area contributed by atoms with E-state index in [4.69, 9.17) is 4.74 Å². The van der Waals surface area contributed by atoms with E-state index in [0.717, 1.165) is 70.3 Å². The molecule has 268 valence electrons. The Bertz CT molecular complexity index is 1710. The normalized spacial score (nSPS) is 19.5. The molecular formula is C42H52N6O3. The molecular weight excluding hydrogens is 637 g/mol. The zero-order chi connectivity index (χ0) is 35.1. The molecule has 3 aromatic carbocycles. The van der Waals surface area contributed by atoms with Crippen LogP contribution >= 0.6 is 0 Å². The predicted octanol–water partition coefficient (Wildman–Crippen LogP) is 6.29. The zero-order valence-corrected chi connectivity index (χ0v) is 29.9. The van der Waals surface area contributed by atoms with Gasteiger partial charge in [-0.1, -0.05) is 60.7 Å². The number of nitrogens with one attached hydrogen (secondary N) is 1. The number of aromatic hydroxyl groups is 1. The summed E-state index contributed by atoms with van der Waals surface area (Å²) in [6, 6.07) is 30.6. The van der Waals surface area contributed by atoms with Crippen molar-refractivity contribution in [2.45, 2.75) is 56.0 Å². The molecule has 7 rings (SSSR count). The number of nitrogens with zero attached hydrogens (tertiary/aromatic N) is 5. The van der Waals surface area contributed by atoms with Gasteiger partial charge in [0.1, 0.15) is 11.4 Å². The van der Waals surface area contributed by atoms with Crippen LogP contribution in [0.15, 0.2) is 97.2 Å². The Morgan fingerprint density at radius 3 is 2.16 bits per heavy atom. The van der Waals surface area contributed by atoms with E-state index >= 15 is 0 Å². The average Bonchev–Trinajstić information content (AvgIpc) is 3.20. The molecule has 9 nitrogen and oxygen atoms in total. The highest BCUT2D eigenvalue weighted by atomic mass is 16.5. The second-order valence-corrected chi connectivity index (χ2v) is 14.7. The van der Waals surface area contributed by atoms with Gasteiger partial charge < -0.3 is 29.9 Å². The van der Waals surface area contributed by atoms with Gasteiger partial charge in [-0.3, -0.25) is 4.79 Å². The molecule has 0 saturated carbocycles. The Hall–Kier alpha value is -4.47. The molecule has 4 heterocycles. The molecule has 9 heteroatoms. The summed E-state index contributed by atoms with van der Waals surface area (Å²) < 4.78 is 6.06. The second-order valence-electron chi connectivity index (χ2n) is 14.7. The standard InChI is InChI=1S/C42H52N6O3/c1-51-42(21-26-46(27-22-42)23-16-33-17-24-47(25-18-33)35-12-6-3-7-13-35)40(50)43-32-41(34-10-4-2-5-11-34)19-28-48(29-20-41)36-30-38(45-44-31-36)37-14-8-9-15-39(37)49/h2-15,30-31,33,49H,16-29,32H2,1H3,(H,43,50). The lowest BCUT2D eigenvalue weighted by Gasteiger charge is -2.44. The Morgan fingerprint density at radius 1 is 0.824 bits per heavy atom. The highest BCUT2D eigenvalue weighted by molar-refractivity contribution is 5.85. The van der Waals surface area contributed by atoms with Crippen molar-refractivity contribution in [1.82, 2.24) is 20.4 Å². The highest BCUT2D eigenvalue weighted by Gasteiger charge is 2.44. The molecule has 0 spiro atoms. The zero-order valence-electron chi connectivity index (χ0n) is 29.9. The quantitative estimate of drug-likeness (QED) is 0.190. The Labute approximate surface area is 302 Å². The van der Waals surface area contributed by atoms with E-state index < -0.39 is 5.60 Å². The molecule has 1 aromatic heterocycles. The SMILES string of the molecule is COC1(C(=O)NCC2(c3ccccc3)CCN(c3cnnc(-c4ccccc4O)c3)CC2)CCN(CCC2CCN(c3ccccc3)CC2)CC1. The number of carbonyl (C=O) groups excluding carboxylic acids is 1. The molecule has 3 saturated heterocycles. The van der Waals surface area contributed by atoms with Crippen LogP contribution in [0.25, 0.3) is 11.3 Å². The summed E-state index contributed by atoms with van der Waals surface area (Å²) in [4.78, 5) is 21.4. The smallest absolute Gasteiger partial charge is 0.252 e. The summed E-state index contributed by atoms with van der Waals surface area (Å²) in [6.45, 7) is 7.30. The highest BCUT2D eigenvalue weighted by Crippen LogP contribution is 2.38. The van der Waals surface area contributed by atoms with Gasteiger partial charge in [-0.2, -0.15) is 10.2 Å². The van der Waals surface area contributed by atoms with Crippen LogP contribution in [0.4, 0.5) is 11.4 Å². The summed E-state index contributed by atoms with van der Waals surface area (Å²) in [5.74, 6) is 0.967. The van der Waals surface area contributed by atoms with Crippen LogP contribution in [0.1, 0.15) is 50.5 Å². The Balaban J connectivity index is 0.932. The number of para-hydroxylation sites is 2. The molecule has 0 aliphatic carbocycles. The number of hydrogen-bond acceptors (Lipinski definition) is 8. The van der Waals surface area contributed by atoms with Gasteiger partial charge in [-0.15, -0.1) is 0 Å². The molecule has 3 aliphatic rings. The van der Waals surface area contributed by atoms with Gasteiger partial charge in [0.15, 0.2) is 0 Å². The van der Waals surface area contributed by atoms with Crippen molar-refractivity contribution in [2.75, 3.05) is 69.3 Å². The van der Waals surface area contributed by atoms with E-state index in [0.29, 0.717) is 30.6 Å². The first kappa shape index (κ1) is 35.0. The van der Waals surface area contributed by atoms with Crippen molar-refractivity contribution < 1.29 is 14.6 Å². The fraction of sp³-hybridized carbons (Fsp3) is 0.452. The average molecular weight is 689 g/mol. The third kappa shape index (κ3) is 7.90. The first-order valence-electron chi connectivity index (χ1n) is 18.7. The number of carbonyl (C=O) groups is 1. The molecule has 3 fully saturated rings. The number of ether oxygens (including phenoxy) is 1. The molecule has 0 radical (unpaired) electrons. The summed E-state index contributed by atoms with van der Waals surface area (Å²) in [5.41, 5.74) is 3.91. The van der Waals surface area contributed by atoms with E-state index in [-0.39, 0.29) is 17.1 Å². The molecule has 3 aliphatic heterocycles. The van der Waals surface area contributed by atoms with E-state index in [1.807, 2.05) is 18.2 Å². The van der Waals surface area contributed by atoms with Crippen molar-refractivity contribution in [1.29, 1.82) is 0 Å². The number of hydrogen-bond donors (Lipinski definition) is 2. The summed E-state index contributed by atoms with van der Waals surface area (Å²) in [5, 5.41) is 22.4. The molecule has 0 bridgehead atoms. The number of piperidine rings is 3. The lowest BCUT2D eigenvalue weighted by molar-refractivity contribution is -0.150. The van der Waals surface area contributed by atoms with Crippen molar-refractivity contribution in [3.8, 4) is 17.0 Å². The van der Waals surface area contributed by atoms with E-state index in [1.54, 1.807) is 25.4 Å². The van der Waals surface area contributed by atoms with Crippen LogP contribution in [-0.4, -0.2) is 91.2 Å². The van der Waals surface area contributed by atoms with Gasteiger partial charge in [0.05, 0.1) is 17.6 Å². The third-order valence-electron chi connectivity index (χ3n) is 11.9. The number of amides is 1. The van der Waals surface area contributed by atoms with Crippen LogP contribution in [0, 0.1) is 5.92 Å². The third-order valence-corrected chi connectivity index (χ3v) is 11.9. The molecule has 51 heavy (non-hydrogen) atoms. The van der Waals surface area contributed by atoms with Crippen LogP contribution in [0.2, 0.25) is 0 Å². The van der Waals surface area contributed by atoms with Gasteiger partial charge in [0, 0.05) is 69.6 Å². The largest absolute Gasteiger partial charge is 0.507 e. The minimum atomic E-state index is -0.793. The van der Waals surface area contributed by atoms with Gasteiger partial charge in [0.2, 0.25) is 0 Å². The Morgan fingerprint density at radius 2 is 1.47 bits per heavy atom. The minimum Gasteiger partial charge on any atom is -0.507 e. The molecule has 0 atom stereocenters. The van der Waals surface area contributed by atoms with Crippen molar-refractivity contribution in [3.05, 3.63) is 103 Å². The topological polar surface area (TPSA) is 94.1 Å². The van der Waals surface area contributed by atoms with E-state index in [9.17, 15) is 9.90 Å². The van der Waals surface area contributed by atoms with Crippen molar-refractivity contribution >= 4 is 17.3 Å². The number of aromatic nitrogens is 2. The maximum Gasteiger partial charge on any atom is 0.252 e. The van der Waals surface area contributed by atoms with Gasteiger partial charge in [0.25, 0.3) is 5.91 Å². The maximum absolute atomic E-state index is 14.0. The number of methoxy groups -OCH3 is 1. The fourth-order valence-corrected chi connectivity index (χ4v) is 8.46. The molecule has 2 N–H and O–H groups in total. The monoisotopic (exact) mass is 688 g/mol. The maximum atomic E-state index is 14.0. The summed E-state index contributed by atoms with van der Waals surface area (Å²) in [6.07, 6.45) is 8.68. The predicted molar refractivity (Wildman–Crippen MR) is 203 cm³/mol. The van der Waals surface area contributed by atoms with E-state index in [2.05, 4.69) is 90.9 Å². The second kappa shape index (κ2) is 15.8. The molecule has 0 unspecified atom stereocenters. The minimum absolute atomic E-state index is 0.0151. The van der Waals surface area contributed by atoms with Crippen LogP contribution in [0.5, 0.6) is 5.75 Å². The summed E-state index contributed by atoms with van der Waals surface area (Å²) >= 11 is 0. The fourth-order valence-electron chi connectivity index (χ4n) is 8.46. The van der Waals surface area contributed by atoms with Crippen LogP contribution in [0.3, 0.4) is 0 Å². The lowest BCUT2D eigenvalue weighted by atomic mass is 9.72. The lowest BCUT2D eigenvalue weighted by Crippen LogP contribution is -2.57. The number of likely N-dealkylation sites (tertiary alicyclic amines) is 1. The van der Waals surface area contributed by atoms with Gasteiger partial charge in [-0.05, 0) is 93.3 Å². The van der Waals surface area contributed by atoms with Gasteiger partial charge >= 0.3 is 0 Å². The van der Waals surface area contributed by atoms with Crippen LogP contribution < -0.4 is 15.1 Å². The number of anilines is 2. The number of rotatable bonds is 11. The van der Waals surface area contributed by atoms with E-state index in [1.165, 1.54) is 30.5 Å². The van der Waals surface area contributed by atoms with Gasteiger partial charge in [-0.25, -0.2) is 0 Å². The number of phenolic OH excluding ortho intramolecular Hbond substituents is 1. The number of benzene rings is 3. The Kier molecular flexibility index (Phi) is 10.8. The first-order valence-corrected chi connectivity index (χ1v) is 18.7. The molecule has 1 amide bonds. The van der Waals surface area contributed by atoms with Crippen molar-refractivity contribution in [2.24, 2.45) is 5.92 Å². The summed E-state index contributed by atoms with van der Waals surface area (Å²) in [7, 11) is 1.70. The molecule has 4 aromatic rings. The van der Waals surface area contributed by atoms with Crippen molar-refractivity contribution in [3.63, 3.8) is 0 Å².